The molecule has 28 heavy (non-hydrogen) atoms. The lowest BCUT2D eigenvalue weighted by Crippen LogP contribution is -2.35. The molecule has 1 N–H and O–H groups in total. The summed E-state index contributed by atoms with van der Waals surface area (Å²) in [5, 5.41) is 2.80. The zero-order chi connectivity index (χ0) is 20.1. The molecule has 6 nitrogen and oxygen atoms in total. The largest absolute Gasteiger partial charge is 0.496 e. The number of hydrogen-bond acceptors (Lipinski definition) is 4. The second-order valence-electron chi connectivity index (χ2n) is 7.03. The van der Waals surface area contributed by atoms with Crippen LogP contribution in [0.4, 0.5) is 5.69 Å². The van der Waals surface area contributed by atoms with E-state index in [0.717, 1.165) is 30.4 Å². The molecule has 0 bridgehead atoms. The van der Waals surface area contributed by atoms with Gasteiger partial charge in [0.05, 0.1) is 18.4 Å². The zero-order valence-corrected chi connectivity index (χ0v) is 17.1. The third-order valence-electron chi connectivity index (χ3n) is 4.86. The molecule has 1 fully saturated rings. The maximum Gasteiger partial charge on any atom is 0.243 e. The number of benzene rings is 2. The molecule has 0 atom stereocenters. The molecule has 2 aromatic carbocycles. The summed E-state index contributed by atoms with van der Waals surface area (Å²) in [6.07, 6.45) is 2.97. The van der Waals surface area contributed by atoms with Gasteiger partial charge in [-0.15, -0.1) is 0 Å². The van der Waals surface area contributed by atoms with Gasteiger partial charge in [-0.2, -0.15) is 4.31 Å². The highest BCUT2D eigenvalue weighted by Crippen LogP contribution is 2.24. The van der Waals surface area contributed by atoms with E-state index in [0.29, 0.717) is 24.5 Å². The smallest absolute Gasteiger partial charge is 0.243 e. The normalized spacial score (nSPS) is 15.2. The van der Waals surface area contributed by atoms with Crippen LogP contribution in [-0.4, -0.2) is 38.8 Å². The Morgan fingerprint density at radius 1 is 1.11 bits per heavy atom. The van der Waals surface area contributed by atoms with E-state index < -0.39 is 10.0 Å². The van der Waals surface area contributed by atoms with Gasteiger partial charge in [-0.1, -0.05) is 30.2 Å². The summed E-state index contributed by atoms with van der Waals surface area (Å²) >= 11 is 0. The number of rotatable bonds is 6. The number of carbonyl (C=O) groups excluding carboxylic acids is 1. The molecular formula is C21H26N2O4S. The van der Waals surface area contributed by atoms with Crippen molar-refractivity contribution < 1.29 is 17.9 Å². The molecule has 0 spiro atoms. The number of anilines is 1. The van der Waals surface area contributed by atoms with Crippen LogP contribution in [0.15, 0.2) is 47.4 Å². The standard InChI is InChI=1S/C21H26N2O4S/c1-16-9-10-20(27-2)17(13-16)14-21(24)22-18-7-6-8-19(15-18)28(25,26)23-11-4-3-5-12-23/h6-10,13,15H,3-5,11-12,14H2,1-2H3,(H,22,24). The number of piperidine rings is 1. The van der Waals surface area contributed by atoms with Crippen LogP contribution in [0.2, 0.25) is 0 Å². The maximum absolute atomic E-state index is 12.8. The van der Waals surface area contributed by atoms with Crippen LogP contribution in [0, 0.1) is 6.92 Å². The minimum Gasteiger partial charge on any atom is -0.496 e. The number of amides is 1. The first-order chi connectivity index (χ1) is 13.4. The van der Waals surface area contributed by atoms with Gasteiger partial charge in [-0.25, -0.2) is 8.42 Å². The molecule has 3 rings (SSSR count). The van der Waals surface area contributed by atoms with Crippen molar-refractivity contribution >= 4 is 21.6 Å². The number of methoxy groups -OCH3 is 1. The maximum atomic E-state index is 12.8. The SMILES string of the molecule is COc1ccc(C)cc1CC(=O)Nc1cccc(S(=O)(=O)N2CCCCC2)c1. The number of nitrogens with one attached hydrogen (secondary N) is 1. The van der Waals surface area contributed by atoms with Gasteiger partial charge in [-0.05, 0) is 44.0 Å². The molecular weight excluding hydrogens is 376 g/mol. The molecule has 0 aromatic heterocycles. The van der Waals surface area contributed by atoms with Gasteiger partial charge in [-0.3, -0.25) is 4.79 Å². The first-order valence-electron chi connectivity index (χ1n) is 9.44. The number of sulfonamides is 1. The quantitative estimate of drug-likeness (QED) is 0.804. The van der Waals surface area contributed by atoms with Crippen molar-refractivity contribution in [3.63, 3.8) is 0 Å². The van der Waals surface area contributed by atoms with Crippen LogP contribution >= 0.6 is 0 Å². The van der Waals surface area contributed by atoms with E-state index in [1.54, 1.807) is 25.3 Å². The number of nitrogens with zero attached hydrogens (tertiary/aromatic N) is 1. The van der Waals surface area contributed by atoms with Crippen molar-refractivity contribution in [3.8, 4) is 5.75 Å². The van der Waals surface area contributed by atoms with Gasteiger partial charge in [0.25, 0.3) is 0 Å². The monoisotopic (exact) mass is 402 g/mol. The van der Waals surface area contributed by atoms with E-state index in [1.807, 2.05) is 25.1 Å². The fraction of sp³-hybridized carbons (Fsp3) is 0.381. The molecule has 150 valence electrons. The van der Waals surface area contributed by atoms with E-state index in [9.17, 15) is 13.2 Å². The summed E-state index contributed by atoms with van der Waals surface area (Å²) in [5.74, 6) is 0.429. The van der Waals surface area contributed by atoms with Crippen molar-refractivity contribution in [2.45, 2.75) is 37.5 Å². The van der Waals surface area contributed by atoms with Crippen molar-refractivity contribution in [2.75, 3.05) is 25.5 Å². The summed E-state index contributed by atoms with van der Waals surface area (Å²) < 4.78 is 32.5. The van der Waals surface area contributed by atoms with Gasteiger partial charge in [0.15, 0.2) is 0 Å². The van der Waals surface area contributed by atoms with E-state index in [1.165, 1.54) is 10.4 Å². The second kappa shape index (κ2) is 8.75. The van der Waals surface area contributed by atoms with Crippen LogP contribution < -0.4 is 10.1 Å². The van der Waals surface area contributed by atoms with Crippen molar-refractivity contribution in [1.82, 2.24) is 4.31 Å². The third-order valence-corrected chi connectivity index (χ3v) is 6.75. The van der Waals surface area contributed by atoms with Gasteiger partial charge < -0.3 is 10.1 Å². The predicted octanol–water partition coefficient (Wildman–Crippen LogP) is 3.36. The van der Waals surface area contributed by atoms with E-state index >= 15 is 0 Å². The van der Waals surface area contributed by atoms with Crippen LogP contribution in [0.1, 0.15) is 30.4 Å². The third kappa shape index (κ3) is 4.72. The fourth-order valence-corrected chi connectivity index (χ4v) is 4.98. The lowest BCUT2D eigenvalue weighted by molar-refractivity contribution is -0.115. The highest BCUT2D eigenvalue weighted by Gasteiger charge is 2.26. The van der Waals surface area contributed by atoms with Crippen LogP contribution in [-0.2, 0) is 21.2 Å². The minimum atomic E-state index is -3.53. The summed E-state index contributed by atoms with van der Waals surface area (Å²) in [7, 11) is -1.96. The van der Waals surface area contributed by atoms with Crippen molar-refractivity contribution in [1.29, 1.82) is 0 Å². The molecule has 1 aliphatic heterocycles. The zero-order valence-electron chi connectivity index (χ0n) is 16.3. The molecule has 1 saturated heterocycles. The van der Waals surface area contributed by atoms with Gasteiger partial charge in [0, 0.05) is 24.3 Å². The predicted molar refractivity (Wildman–Crippen MR) is 109 cm³/mol. The Bertz CT molecular complexity index is 951. The van der Waals surface area contributed by atoms with Gasteiger partial charge >= 0.3 is 0 Å². The summed E-state index contributed by atoms with van der Waals surface area (Å²) in [5.41, 5.74) is 2.30. The highest BCUT2D eigenvalue weighted by atomic mass is 32.2. The molecule has 0 unspecified atom stereocenters. The van der Waals surface area contributed by atoms with Crippen LogP contribution in [0.3, 0.4) is 0 Å². The molecule has 0 saturated carbocycles. The van der Waals surface area contributed by atoms with Crippen LogP contribution in [0.25, 0.3) is 0 Å². The van der Waals surface area contributed by atoms with Crippen molar-refractivity contribution in [2.24, 2.45) is 0 Å². The lowest BCUT2D eigenvalue weighted by Gasteiger charge is -2.26. The topological polar surface area (TPSA) is 75.7 Å². The van der Waals surface area contributed by atoms with E-state index in [-0.39, 0.29) is 17.2 Å². The minimum absolute atomic E-state index is 0.147. The first kappa shape index (κ1) is 20.4. The fourth-order valence-electron chi connectivity index (χ4n) is 3.41. The number of ether oxygens (including phenoxy) is 1. The molecule has 7 heteroatoms. The average Bonchev–Trinajstić information content (AvgIpc) is 2.69. The number of aryl methyl sites for hydroxylation is 1. The van der Waals surface area contributed by atoms with Crippen LogP contribution in [0.5, 0.6) is 5.75 Å². The number of hydrogen-bond donors (Lipinski definition) is 1. The van der Waals surface area contributed by atoms with E-state index in [2.05, 4.69) is 5.32 Å². The molecule has 2 aromatic rings. The average molecular weight is 403 g/mol. The summed E-state index contributed by atoms with van der Waals surface area (Å²) in [6.45, 7) is 3.05. The molecule has 0 radical (unpaired) electrons. The molecule has 1 aliphatic rings. The Balaban J connectivity index is 1.74. The number of carbonyl (C=O) groups is 1. The lowest BCUT2D eigenvalue weighted by atomic mass is 10.1. The summed E-state index contributed by atoms with van der Waals surface area (Å²) in [4.78, 5) is 12.7. The summed E-state index contributed by atoms with van der Waals surface area (Å²) in [6, 6.07) is 12.1. The Morgan fingerprint density at radius 2 is 1.86 bits per heavy atom. The highest BCUT2D eigenvalue weighted by molar-refractivity contribution is 7.89. The molecule has 0 aliphatic carbocycles. The molecule has 1 heterocycles. The van der Waals surface area contributed by atoms with E-state index in [4.69, 9.17) is 4.74 Å². The Morgan fingerprint density at radius 3 is 2.57 bits per heavy atom. The Labute approximate surface area is 166 Å². The second-order valence-corrected chi connectivity index (χ2v) is 8.97. The first-order valence-corrected chi connectivity index (χ1v) is 10.9. The van der Waals surface area contributed by atoms with Crippen molar-refractivity contribution in [3.05, 3.63) is 53.6 Å². The Hall–Kier alpha value is -2.38. The Kier molecular flexibility index (Phi) is 6.36. The molecule has 1 amide bonds. The van der Waals surface area contributed by atoms with Gasteiger partial charge in [0.1, 0.15) is 5.75 Å². The van der Waals surface area contributed by atoms with Gasteiger partial charge in [0.2, 0.25) is 15.9 Å².